The molecule has 10 heteroatoms. The molecule has 3 heterocycles. The third-order valence-electron chi connectivity index (χ3n) is 8.82. The van der Waals surface area contributed by atoms with Gasteiger partial charge in [0.2, 0.25) is 0 Å². The highest BCUT2D eigenvalue weighted by molar-refractivity contribution is 9.10. The summed E-state index contributed by atoms with van der Waals surface area (Å²) in [6, 6.07) is 21.4. The topological polar surface area (TPSA) is 98.0 Å². The second kappa shape index (κ2) is 11.2. The quantitative estimate of drug-likeness (QED) is 0.308. The van der Waals surface area contributed by atoms with E-state index in [1.807, 2.05) is 13.0 Å². The number of nitrogens with zero attached hydrogens (tertiary/aromatic N) is 6. The summed E-state index contributed by atoms with van der Waals surface area (Å²) in [4.78, 5) is 42.0. The van der Waals surface area contributed by atoms with Gasteiger partial charge in [-0.15, -0.1) is 0 Å². The van der Waals surface area contributed by atoms with E-state index >= 15 is 0 Å². The van der Waals surface area contributed by atoms with Crippen LogP contribution in [0.5, 0.6) is 0 Å². The number of aryl methyl sites for hydroxylation is 2. The molecule has 0 N–H and O–H groups in total. The minimum atomic E-state index is -0.987. The standard InChI is InChI=1S/C34H31BrN6O3/c1-20-9-13-22(14-10-20)17-24-5-3-8-27-29(24)37-41(31(27)23-15-11-21(2)12-16-23)28(42)19-39-32-30(36-38-39)33(43)40(34(32)44)26-7-4-6-25(35)18-26/h4,6-7,9-18,27,30-32H,3,5,8,19H2,1-2H3/b24-17+. The molecule has 0 aromatic heterocycles. The molecule has 0 spiro atoms. The molecule has 9 nitrogen and oxygen atoms in total. The van der Waals surface area contributed by atoms with Crippen molar-refractivity contribution in [2.24, 2.45) is 21.4 Å². The molecule has 4 atom stereocenters. The van der Waals surface area contributed by atoms with Crippen LogP contribution in [0.2, 0.25) is 0 Å². The highest BCUT2D eigenvalue weighted by atomic mass is 79.9. The van der Waals surface area contributed by atoms with Gasteiger partial charge in [0.25, 0.3) is 17.7 Å². The molecule has 7 rings (SSSR count). The number of hydrogen-bond donors (Lipinski definition) is 0. The second-order valence-electron chi connectivity index (χ2n) is 11.8. The van der Waals surface area contributed by atoms with Crippen LogP contribution in [-0.2, 0) is 14.4 Å². The van der Waals surface area contributed by atoms with Gasteiger partial charge in [0.15, 0.2) is 12.1 Å². The van der Waals surface area contributed by atoms with Crippen LogP contribution in [0.4, 0.5) is 5.69 Å². The molecule has 222 valence electrons. The van der Waals surface area contributed by atoms with Crippen LogP contribution in [0.25, 0.3) is 6.08 Å². The van der Waals surface area contributed by atoms with Gasteiger partial charge in [0.05, 0.1) is 17.4 Å². The number of amides is 3. The smallest absolute Gasteiger partial charge is 0.264 e. The molecular weight excluding hydrogens is 620 g/mol. The van der Waals surface area contributed by atoms with Gasteiger partial charge in [-0.1, -0.05) is 86.9 Å². The number of carbonyl (C=O) groups is 3. The van der Waals surface area contributed by atoms with Crippen molar-refractivity contribution in [3.63, 3.8) is 0 Å². The molecular formula is C34H31BrN6O3. The van der Waals surface area contributed by atoms with Crippen LogP contribution < -0.4 is 4.90 Å². The van der Waals surface area contributed by atoms with Gasteiger partial charge in [0, 0.05) is 10.4 Å². The van der Waals surface area contributed by atoms with Gasteiger partial charge in [-0.25, -0.2) is 9.91 Å². The first-order valence-electron chi connectivity index (χ1n) is 14.8. The predicted octanol–water partition coefficient (Wildman–Crippen LogP) is 6.18. The third-order valence-corrected chi connectivity index (χ3v) is 9.31. The van der Waals surface area contributed by atoms with Crippen molar-refractivity contribution in [1.29, 1.82) is 0 Å². The maximum absolute atomic E-state index is 14.1. The van der Waals surface area contributed by atoms with Gasteiger partial charge >= 0.3 is 0 Å². The molecule has 1 saturated carbocycles. The zero-order chi connectivity index (χ0) is 30.5. The van der Waals surface area contributed by atoms with E-state index in [0.717, 1.165) is 56.6 Å². The fourth-order valence-corrected chi connectivity index (χ4v) is 6.99. The Bertz CT molecular complexity index is 1750. The van der Waals surface area contributed by atoms with Crippen molar-refractivity contribution in [2.75, 3.05) is 11.4 Å². The number of benzene rings is 3. The Kier molecular flexibility index (Phi) is 7.24. The summed E-state index contributed by atoms with van der Waals surface area (Å²) in [5, 5.41) is 16.2. The van der Waals surface area contributed by atoms with Crippen LogP contribution in [0.3, 0.4) is 0 Å². The molecule has 4 unspecified atom stereocenters. The lowest BCUT2D eigenvalue weighted by molar-refractivity contribution is -0.136. The largest absolute Gasteiger partial charge is 0.271 e. The first kappa shape index (κ1) is 28.3. The van der Waals surface area contributed by atoms with Crippen molar-refractivity contribution in [3.05, 3.63) is 105 Å². The first-order valence-corrected chi connectivity index (χ1v) is 15.6. The SMILES string of the molecule is Cc1ccc(/C=C2\CCCC3C2=NN(C(=O)CN2N=NC4C(=O)N(c5cccc(Br)c5)C(=O)C42)C3c2ccc(C)cc2)cc1. The van der Waals surface area contributed by atoms with Crippen molar-refractivity contribution in [3.8, 4) is 0 Å². The van der Waals surface area contributed by atoms with E-state index in [1.54, 1.807) is 23.2 Å². The Balaban J connectivity index is 1.19. The molecule has 3 aromatic carbocycles. The van der Waals surface area contributed by atoms with E-state index in [0.29, 0.717) is 5.69 Å². The van der Waals surface area contributed by atoms with Crippen LogP contribution in [0.15, 0.2) is 98.3 Å². The Labute approximate surface area is 264 Å². The second-order valence-corrected chi connectivity index (χ2v) is 12.8. The van der Waals surface area contributed by atoms with Gasteiger partial charge in [0.1, 0.15) is 6.54 Å². The Morgan fingerprint density at radius 1 is 0.955 bits per heavy atom. The number of hydrogen-bond acceptors (Lipinski definition) is 7. The number of rotatable bonds is 5. The summed E-state index contributed by atoms with van der Waals surface area (Å²) < 4.78 is 0.744. The minimum Gasteiger partial charge on any atom is -0.271 e. The molecule has 44 heavy (non-hydrogen) atoms. The van der Waals surface area contributed by atoms with Crippen molar-refractivity contribution >= 4 is 51.1 Å². The summed E-state index contributed by atoms with van der Waals surface area (Å²) in [6.45, 7) is 3.89. The number of hydrazone groups is 1. The van der Waals surface area contributed by atoms with E-state index in [4.69, 9.17) is 5.10 Å². The number of anilines is 1. The normalized spacial score (nSPS) is 25.1. The maximum atomic E-state index is 14.1. The Morgan fingerprint density at radius 2 is 1.68 bits per heavy atom. The molecule has 1 aliphatic carbocycles. The Morgan fingerprint density at radius 3 is 2.41 bits per heavy atom. The van der Waals surface area contributed by atoms with Gasteiger partial charge in [-0.2, -0.15) is 10.2 Å². The van der Waals surface area contributed by atoms with Gasteiger partial charge < -0.3 is 0 Å². The lowest BCUT2D eigenvalue weighted by Gasteiger charge is -2.30. The van der Waals surface area contributed by atoms with Crippen LogP contribution in [-0.4, -0.2) is 52.1 Å². The summed E-state index contributed by atoms with van der Waals surface area (Å²) in [7, 11) is 0. The lowest BCUT2D eigenvalue weighted by atomic mass is 9.77. The number of fused-ring (bicyclic) bond motifs is 2. The summed E-state index contributed by atoms with van der Waals surface area (Å²) in [5.74, 6) is -1.15. The molecule has 2 fully saturated rings. The van der Waals surface area contributed by atoms with E-state index < -0.39 is 23.9 Å². The van der Waals surface area contributed by atoms with E-state index in [-0.39, 0.29) is 24.4 Å². The highest BCUT2D eigenvalue weighted by Gasteiger charge is 2.55. The summed E-state index contributed by atoms with van der Waals surface area (Å²) in [6.07, 6.45) is 4.98. The summed E-state index contributed by atoms with van der Waals surface area (Å²) in [5.41, 5.74) is 6.98. The molecule has 3 aliphatic heterocycles. The molecule has 3 aromatic rings. The molecule has 0 bridgehead atoms. The average molecular weight is 652 g/mol. The number of allylic oxidation sites excluding steroid dienone is 1. The van der Waals surface area contributed by atoms with E-state index in [1.165, 1.54) is 10.6 Å². The molecule has 1 saturated heterocycles. The van der Waals surface area contributed by atoms with Gasteiger partial charge in [-0.3, -0.25) is 19.4 Å². The van der Waals surface area contributed by atoms with Crippen LogP contribution >= 0.6 is 15.9 Å². The fourth-order valence-electron chi connectivity index (χ4n) is 6.60. The van der Waals surface area contributed by atoms with Crippen LogP contribution in [0.1, 0.15) is 47.6 Å². The van der Waals surface area contributed by atoms with E-state index in [9.17, 15) is 14.4 Å². The number of carbonyl (C=O) groups excluding carboxylic acids is 3. The van der Waals surface area contributed by atoms with Crippen molar-refractivity contribution in [2.45, 2.75) is 51.2 Å². The third kappa shape index (κ3) is 4.96. The van der Waals surface area contributed by atoms with Gasteiger partial charge in [-0.05, 0) is 74.1 Å². The lowest BCUT2D eigenvalue weighted by Crippen LogP contribution is -2.45. The Hall–Kier alpha value is -4.44. The maximum Gasteiger partial charge on any atom is 0.264 e. The fraction of sp³-hybridized carbons (Fsp3) is 0.294. The first-order chi connectivity index (χ1) is 21.3. The number of halogens is 1. The molecule has 4 aliphatic rings. The zero-order valence-corrected chi connectivity index (χ0v) is 26.0. The monoisotopic (exact) mass is 650 g/mol. The molecule has 3 amide bonds. The highest BCUT2D eigenvalue weighted by Crippen LogP contribution is 2.45. The summed E-state index contributed by atoms with van der Waals surface area (Å²) >= 11 is 3.40. The van der Waals surface area contributed by atoms with Crippen molar-refractivity contribution in [1.82, 2.24) is 10.0 Å². The predicted molar refractivity (Wildman–Crippen MR) is 170 cm³/mol. The number of imide groups is 1. The van der Waals surface area contributed by atoms with Crippen molar-refractivity contribution < 1.29 is 14.4 Å². The van der Waals surface area contributed by atoms with E-state index in [2.05, 4.69) is 87.8 Å². The average Bonchev–Trinajstić information content (AvgIpc) is 3.68. The minimum absolute atomic E-state index is 0.0433. The molecule has 0 radical (unpaired) electrons. The van der Waals surface area contributed by atoms with Crippen LogP contribution in [0, 0.1) is 19.8 Å². The zero-order valence-electron chi connectivity index (χ0n) is 24.4.